The van der Waals surface area contributed by atoms with E-state index < -0.39 is 0 Å². The van der Waals surface area contributed by atoms with Gasteiger partial charge in [-0.1, -0.05) is 35.3 Å². The van der Waals surface area contributed by atoms with Gasteiger partial charge >= 0.3 is 0 Å². The minimum atomic E-state index is -0.0446. The Morgan fingerprint density at radius 2 is 1.85 bits per heavy atom. The molecule has 2 aromatic carbocycles. The van der Waals surface area contributed by atoms with Crippen molar-refractivity contribution < 1.29 is 4.74 Å². The van der Waals surface area contributed by atoms with Crippen LogP contribution in [-0.4, -0.2) is 7.11 Å². The Hall–Kier alpha value is -1.26. The van der Waals surface area contributed by atoms with Crippen molar-refractivity contribution >= 4 is 23.2 Å². The molecular formula is C15H16Cl2N2O. The molecule has 0 saturated carbocycles. The maximum atomic E-state index is 6.19. The number of nitrogens with two attached hydrogens (primary N) is 1. The van der Waals surface area contributed by atoms with E-state index in [1.54, 1.807) is 19.2 Å². The van der Waals surface area contributed by atoms with Crippen molar-refractivity contribution in [3.8, 4) is 5.75 Å². The Kier molecular flexibility index (Phi) is 5.26. The smallest absolute Gasteiger partial charge is 0.118 e. The minimum absolute atomic E-state index is 0.0446. The first-order chi connectivity index (χ1) is 9.63. The average Bonchev–Trinajstić information content (AvgIpc) is 2.48. The molecule has 0 amide bonds. The molecule has 5 heteroatoms. The Balaban J connectivity index is 2.21. The Morgan fingerprint density at radius 3 is 2.45 bits per heavy atom. The van der Waals surface area contributed by atoms with E-state index in [1.165, 1.54) is 0 Å². The Labute approximate surface area is 128 Å². The predicted octanol–water partition coefficient (Wildman–Crippen LogP) is 3.75. The molecule has 3 N–H and O–H groups in total. The monoisotopic (exact) mass is 310 g/mol. The molecule has 106 valence electrons. The van der Waals surface area contributed by atoms with Crippen LogP contribution in [0.2, 0.25) is 10.0 Å². The third kappa shape index (κ3) is 3.64. The summed E-state index contributed by atoms with van der Waals surface area (Å²) >= 11 is 12.2. The number of hydrogen-bond donors (Lipinski definition) is 2. The van der Waals surface area contributed by atoms with E-state index >= 15 is 0 Å². The molecule has 2 aromatic rings. The summed E-state index contributed by atoms with van der Waals surface area (Å²) in [6.45, 7) is 0. The second kappa shape index (κ2) is 6.95. The summed E-state index contributed by atoms with van der Waals surface area (Å²) < 4.78 is 5.15. The van der Waals surface area contributed by atoms with E-state index in [4.69, 9.17) is 33.8 Å². The van der Waals surface area contributed by atoms with Gasteiger partial charge in [-0.25, -0.2) is 0 Å². The quantitative estimate of drug-likeness (QED) is 0.653. The zero-order chi connectivity index (χ0) is 14.5. The van der Waals surface area contributed by atoms with Gasteiger partial charge in [0.15, 0.2) is 0 Å². The highest BCUT2D eigenvalue weighted by molar-refractivity contribution is 6.33. The lowest BCUT2D eigenvalue weighted by Crippen LogP contribution is -2.29. The summed E-state index contributed by atoms with van der Waals surface area (Å²) in [6, 6.07) is 13.1. The van der Waals surface area contributed by atoms with Crippen LogP contribution < -0.4 is 16.0 Å². The third-order valence-corrected chi connectivity index (χ3v) is 3.75. The Morgan fingerprint density at radius 1 is 1.15 bits per heavy atom. The second-order valence-electron chi connectivity index (χ2n) is 4.43. The lowest BCUT2D eigenvalue weighted by molar-refractivity contribution is 0.414. The highest BCUT2D eigenvalue weighted by atomic mass is 35.5. The predicted molar refractivity (Wildman–Crippen MR) is 83.2 cm³/mol. The second-order valence-corrected chi connectivity index (χ2v) is 5.28. The summed E-state index contributed by atoms with van der Waals surface area (Å²) in [5.74, 6) is 6.46. The number of nitrogens with one attached hydrogen (secondary N) is 1. The van der Waals surface area contributed by atoms with Gasteiger partial charge in [-0.3, -0.25) is 11.3 Å². The normalized spacial score (nSPS) is 12.2. The van der Waals surface area contributed by atoms with Gasteiger partial charge in [0.2, 0.25) is 0 Å². The van der Waals surface area contributed by atoms with Gasteiger partial charge in [-0.15, -0.1) is 0 Å². The first kappa shape index (κ1) is 15.1. The fourth-order valence-electron chi connectivity index (χ4n) is 2.03. The van der Waals surface area contributed by atoms with Gasteiger partial charge in [0, 0.05) is 10.0 Å². The van der Waals surface area contributed by atoms with Crippen molar-refractivity contribution in [3.63, 3.8) is 0 Å². The maximum Gasteiger partial charge on any atom is 0.118 e. The summed E-state index contributed by atoms with van der Waals surface area (Å²) in [5, 5.41) is 1.35. The van der Waals surface area contributed by atoms with Gasteiger partial charge < -0.3 is 4.74 Å². The van der Waals surface area contributed by atoms with Crippen molar-refractivity contribution in [3.05, 3.63) is 63.6 Å². The number of halogens is 2. The van der Waals surface area contributed by atoms with E-state index in [0.29, 0.717) is 16.5 Å². The van der Waals surface area contributed by atoms with Gasteiger partial charge in [0.25, 0.3) is 0 Å². The highest BCUT2D eigenvalue weighted by Gasteiger charge is 2.13. The fraction of sp³-hybridized carbons (Fsp3) is 0.200. The summed E-state index contributed by atoms with van der Waals surface area (Å²) in [6.07, 6.45) is 0.655. The number of ether oxygens (including phenoxy) is 1. The van der Waals surface area contributed by atoms with Crippen molar-refractivity contribution in [2.75, 3.05) is 7.11 Å². The standard InChI is InChI=1S/C15H16Cl2N2O/c1-20-13-5-2-10(3-6-13)15(19-18)9-11-8-12(16)4-7-14(11)17/h2-8,15,19H,9,18H2,1H3. The van der Waals surface area contributed by atoms with Crippen LogP contribution >= 0.6 is 23.2 Å². The largest absolute Gasteiger partial charge is 0.497 e. The summed E-state index contributed by atoms with van der Waals surface area (Å²) in [7, 11) is 1.64. The zero-order valence-electron chi connectivity index (χ0n) is 11.1. The summed E-state index contributed by atoms with van der Waals surface area (Å²) in [4.78, 5) is 0. The van der Waals surface area contributed by atoms with E-state index in [1.807, 2.05) is 30.3 Å². The van der Waals surface area contributed by atoms with Crippen LogP contribution in [-0.2, 0) is 6.42 Å². The van der Waals surface area contributed by atoms with Crippen LogP contribution in [0.25, 0.3) is 0 Å². The lowest BCUT2D eigenvalue weighted by Gasteiger charge is -2.17. The zero-order valence-corrected chi connectivity index (χ0v) is 12.6. The molecule has 3 nitrogen and oxygen atoms in total. The molecule has 2 rings (SSSR count). The maximum absolute atomic E-state index is 6.19. The molecule has 0 heterocycles. The van der Waals surface area contributed by atoms with Crippen molar-refractivity contribution in [1.82, 2.24) is 5.43 Å². The van der Waals surface area contributed by atoms with Crippen LogP contribution in [0.1, 0.15) is 17.2 Å². The molecule has 0 saturated heterocycles. The molecule has 1 unspecified atom stereocenters. The molecule has 1 atom stereocenters. The van der Waals surface area contributed by atoms with Crippen LogP contribution in [0.5, 0.6) is 5.75 Å². The van der Waals surface area contributed by atoms with Crippen molar-refractivity contribution in [2.24, 2.45) is 5.84 Å². The number of hydrazine groups is 1. The molecule has 0 spiro atoms. The molecule has 0 aliphatic rings. The molecule has 0 radical (unpaired) electrons. The SMILES string of the molecule is COc1ccc(C(Cc2cc(Cl)ccc2Cl)NN)cc1. The number of rotatable bonds is 5. The van der Waals surface area contributed by atoms with Gasteiger partial charge in [-0.05, 0) is 47.9 Å². The molecule has 0 bridgehead atoms. The highest BCUT2D eigenvalue weighted by Crippen LogP contribution is 2.26. The molecule has 0 fully saturated rings. The number of methoxy groups -OCH3 is 1. The number of benzene rings is 2. The summed E-state index contributed by atoms with van der Waals surface area (Å²) in [5.41, 5.74) is 4.82. The minimum Gasteiger partial charge on any atom is -0.497 e. The van der Waals surface area contributed by atoms with Crippen molar-refractivity contribution in [2.45, 2.75) is 12.5 Å². The number of hydrogen-bond acceptors (Lipinski definition) is 3. The Bertz CT molecular complexity index is 573. The molecule has 0 aliphatic heterocycles. The van der Waals surface area contributed by atoms with Crippen LogP contribution in [0.4, 0.5) is 0 Å². The molecule has 0 aliphatic carbocycles. The van der Waals surface area contributed by atoms with Crippen molar-refractivity contribution in [1.29, 1.82) is 0 Å². The van der Waals surface area contributed by atoms with E-state index in [-0.39, 0.29) is 6.04 Å². The van der Waals surface area contributed by atoms with Crippen LogP contribution in [0.15, 0.2) is 42.5 Å². The molecule has 0 aromatic heterocycles. The first-order valence-electron chi connectivity index (χ1n) is 6.18. The molecular weight excluding hydrogens is 295 g/mol. The topological polar surface area (TPSA) is 47.3 Å². The van der Waals surface area contributed by atoms with Gasteiger partial charge in [0.05, 0.1) is 13.2 Å². The average molecular weight is 311 g/mol. The van der Waals surface area contributed by atoms with Gasteiger partial charge in [-0.2, -0.15) is 0 Å². The van der Waals surface area contributed by atoms with Crippen LogP contribution in [0.3, 0.4) is 0 Å². The first-order valence-corrected chi connectivity index (χ1v) is 6.93. The van der Waals surface area contributed by atoms with Crippen LogP contribution in [0, 0.1) is 0 Å². The fourth-order valence-corrected chi connectivity index (χ4v) is 2.42. The third-order valence-electron chi connectivity index (χ3n) is 3.15. The van der Waals surface area contributed by atoms with E-state index in [9.17, 15) is 0 Å². The lowest BCUT2D eigenvalue weighted by atomic mass is 9.99. The van der Waals surface area contributed by atoms with E-state index in [0.717, 1.165) is 16.9 Å². The van der Waals surface area contributed by atoms with Gasteiger partial charge in [0.1, 0.15) is 5.75 Å². The van der Waals surface area contributed by atoms with E-state index in [2.05, 4.69) is 5.43 Å². The molecule has 20 heavy (non-hydrogen) atoms.